The van der Waals surface area contributed by atoms with Crippen molar-refractivity contribution in [1.82, 2.24) is 15.5 Å². The highest BCUT2D eigenvalue weighted by Crippen LogP contribution is 2.38. The van der Waals surface area contributed by atoms with Gasteiger partial charge in [0.1, 0.15) is 0 Å². The van der Waals surface area contributed by atoms with Crippen molar-refractivity contribution in [2.75, 3.05) is 6.54 Å². The first kappa shape index (κ1) is 13.5. The van der Waals surface area contributed by atoms with Crippen molar-refractivity contribution in [3.63, 3.8) is 0 Å². The molecule has 1 aromatic heterocycles. The van der Waals surface area contributed by atoms with Crippen LogP contribution in [-0.2, 0) is 11.2 Å². The molecule has 0 saturated heterocycles. The average Bonchev–Trinajstić information content (AvgIpc) is 3.35. The van der Waals surface area contributed by atoms with Crippen LogP contribution in [0, 0.1) is 5.92 Å². The minimum absolute atomic E-state index is 0.0780. The molecule has 1 unspecified atom stereocenters. The minimum atomic E-state index is 0.0780. The first-order valence-electron chi connectivity index (χ1n) is 7.58. The van der Waals surface area contributed by atoms with Crippen molar-refractivity contribution < 1.29 is 9.32 Å². The van der Waals surface area contributed by atoms with E-state index in [1.807, 2.05) is 0 Å². The van der Waals surface area contributed by atoms with Gasteiger partial charge in [0.15, 0.2) is 5.82 Å². The minimum Gasteiger partial charge on any atom is -0.352 e. The number of nitrogens with zero attached hydrogens (tertiary/aromatic N) is 2. The van der Waals surface area contributed by atoms with Crippen molar-refractivity contribution in [1.29, 1.82) is 0 Å². The quantitative estimate of drug-likeness (QED) is 0.743. The first-order valence-corrected chi connectivity index (χ1v) is 7.58. The van der Waals surface area contributed by atoms with Gasteiger partial charge in [0.2, 0.25) is 11.8 Å². The van der Waals surface area contributed by atoms with Crippen LogP contribution in [0.25, 0.3) is 0 Å². The topological polar surface area (TPSA) is 94.0 Å². The summed E-state index contributed by atoms with van der Waals surface area (Å²) in [4.78, 5) is 16.2. The summed E-state index contributed by atoms with van der Waals surface area (Å²) in [6, 6.07) is 0.160. The maximum absolute atomic E-state index is 11.8. The summed E-state index contributed by atoms with van der Waals surface area (Å²) < 4.78 is 5.19. The average molecular weight is 278 g/mol. The fraction of sp³-hybridized carbons (Fsp3) is 0.786. The molecule has 1 aromatic rings. The van der Waals surface area contributed by atoms with Crippen LogP contribution in [0.3, 0.4) is 0 Å². The second-order valence-corrected chi connectivity index (χ2v) is 5.92. The van der Waals surface area contributed by atoms with Gasteiger partial charge in [-0.25, -0.2) is 0 Å². The van der Waals surface area contributed by atoms with E-state index in [1.165, 1.54) is 25.7 Å². The molecule has 2 aliphatic rings. The maximum Gasteiger partial charge on any atom is 0.226 e. The Labute approximate surface area is 118 Å². The number of carbonyl (C=O) groups is 1. The number of amides is 1. The second kappa shape index (κ2) is 5.91. The van der Waals surface area contributed by atoms with Crippen LogP contribution in [0.1, 0.15) is 56.2 Å². The fourth-order valence-corrected chi connectivity index (χ4v) is 2.42. The molecule has 0 spiro atoms. The molecule has 0 aromatic carbocycles. The predicted octanol–water partition coefficient (Wildman–Crippen LogP) is 1.12. The number of nitrogens with two attached hydrogens (primary N) is 1. The molecule has 0 bridgehead atoms. The monoisotopic (exact) mass is 278 g/mol. The van der Waals surface area contributed by atoms with Crippen LogP contribution in [-0.4, -0.2) is 28.6 Å². The Kier molecular flexibility index (Phi) is 4.00. The number of aromatic nitrogens is 2. The SMILES string of the molecule is NCC(NC(=O)CCCc1nc(C2CC2)no1)C1CC1. The van der Waals surface area contributed by atoms with Crippen LogP contribution in [0.15, 0.2) is 4.52 Å². The molecule has 1 amide bonds. The third-order valence-corrected chi connectivity index (χ3v) is 4.01. The van der Waals surface area contributed by atoms with E-state index in [2.05, 4.69) is 15.5 Å². The van der Waals surface area contributed by atoms with Gasteiger partial charge in [0.05, 0.1) is 0 Å². The van der Waals surface area contributed by atoms with E-state index in [1.54, 1.807) is 0 Å². The number of carbonyl (C=O) groups excluding carboxylic acids is 1. The predicted molar refractivity (Wildman–Crippen MR) is 72.9 cm³/mol. The number of rotatable bonds is 8. The summed E-state index contributed by atoms with van der Waals surface area (Å²) in [6.45, 7) is 0.533. The zero-order valence-corrected chi connectivity index (χ0v) is 11.7. The molecule has 3 rings (SSSR count). The van der Waals surface area contributed by atoms with Crippen LogP contribution in [0.5, 0.6) is 0 Å². The van der Waals surface area contributed by atoms with E-state index in [0.29, 0.717) is 37.1 Å². The van der Waals surface area contributed by atoms with E-state index in [9.17, 15) is 4.79 Å². The Morgan fingerprint density at radius 3 is 2.85 bits per heavy atom. The standard InChI is InChI=1S/C14H22N4O2/c15-8-11(9-4-5-9)16-12(19)2-1-3-13-17-14(18-20-13)10-6-7-10/h9-11H,1-8,15H2,(H,16,19). The fourth-order valence-electron chi connectivity index (χ4n) is 2.42. The molecule has 2 saturated carbocycles. The number of hydrogen-bond acceptors (Lipinski definition) is 5. The summed E-state index contributed by atoms with van der Waals surface area (Å²) in [5, 5.41) is 6.98. The lowest BCUT2D eigenvalue weighted by Gasteiger charge is -2.15. The van der Waals surface area contributed by atoms with Gasteiger partial charge in [-0.1, -0.05) is 5.16 Å². The highest BCUT2D eigenvalue weighted by atomic mass is 16.5. The Morgan fingerprint density at radius 2 is 2.20 bits per heavy atom. The van der Waals surface area contributed by atoms with Gasteiger partial charge in [-0.05, 0) is 38.0 Å². The van der Waals surface area contributed by atoms with Gasteiger partial charge in [-0.3, -0.25) is 4.79 Å². The molecule has 6 heteroatoms. The lowest BCUT2D eigenvalue weighted by atomic mass is 10.1. The van der Waals surface area contributed by atoms with E-state index in [4.69, 9.17) is 10.3 Å². The molecule has 3 N–H and O–H groups in total. The van der Waals surface area contributed by atoms with Gasteiger partial charge < -0.3 is 15.6 Å². The van der Waals surface area contributed by atoms with Crippen molar-refractivity contribution in [2.24, 2.45) is 11.7 Å². The lowest BCUT2D eigenvalue weighted by Crippen LogP contribution is -2.41. The van der Waals surface area contributed by atoms with Gasteiger partial charge in [-0.15, -0.1) is 0 Å². The number of aryl methyl sites for hydroxylation is 1. The molecule has 6 nitrogen and oxygen atoms in total. The van der Waals surface area contributed by atoms with Crippen molar-refractivity contribution in [2.45, 2.75) is 56.9 Å². The molecular weight excluding hydrogens is 256 g/mol. The van der Waals surface area contributed by atoms with Crippen LogP contribution in [0.2, 0.25) is 0 Å². The highest BCUT2D eigenvalue weighted by Gasteiger charge is 2.31. The zero-order valence-electron chi connectivity index (χ0n) is 11.7. The molecule has 0 radical (unpaired) electrons. The van der Waals surface area contributed by atoms with Gasteiger partial charge in [0.25, 0.3) is 0 Å². The van der Waals surface area contributed by atoms with E-state index in [0.717, 1.165) is 12.2 Å². The van der Waals surface area contributed by atoms with Crippen molar-refractivity contribution in [3.8, 4) is 0 Å². The summed E-state index contributed by atoms with van der Waals surface area (Å²) in [5.74, 6) is 2.67. The van der Waals surface area contributed by atoms with E-state index >= 15 is 0 Å². The van der Waals surface area contributed by atoms with Crippen LogP contribution >= 0.6 is 0 Å². The molecule has 1 heterocycles. The Bertz CT molecular complexity index is 465. The molecule has 110 valence electrons. The Balaban J connectivity index is 1.36. The lowest BCUT2D eigenvalue weighted by molar-refractivity contribution is -0.122. The smallest absolute Gasteiger partial charge is 0.226 e. The third kappa shape index (κ3) is 3.56. The number of hydrogen-bond donors (Lipinski definition) is 2. The third-order valence-electron chi connectivity index (χ3n) is 4.01. The maximum atomic E-state index is 11.8. The van der Waals surface area contributed by atoms with E-state index in [-0.39, 0.29) is 11.9 Å². The molecule has 2 fully saturated rings. The number of nitrogens with one attached hydrogen (secondary N) is 1. The summed E-state index contributed by atoms with van der Waals surface area (Å²) in [5.41, 5.74) is 5.67. The molecule has 20 heavy (non-hydrogen) atoms. The van der Waals surface area contributed by atoms with Gasteiger partial charge in [-0.2, -0.15) is 4.98 Å². The van der Waals surface area contributed by atoms with Crippen molar-refractivity contribution in [3.05, 3.63) is 11.7 Å². The molecule has 0 aliphatic heterocycles. The van der Waals surface area contributed by atoms with E-state index < -0.39 is 0 Å². The first-order chi connectivity index (χ1) is 9.76. The summed E-state index contributed by atoms with van der Waals surface area (Å²) >= 11 is 0. The largest absolute Gasteiger partial charge is 0.352 e. The zero-order chi connectivity index (χ0) is 13.9. The highest BCUT2D eigenvalue weighted by molar-refractivity contribution is 5.76. The Morgan fingerprint density at radius 1 is 1.40 bits per heavy atom. The van der Waals surface area contributed by atoms with Gasteiger partial charge in [0, 0.05) is 31.3 Å². The summed E-state index contributed by atoms with van der Waals surface area (Å²) in [7, 11) is 0. The van der Waals surface area contributed by atoms with Crippen LogP contribution in [0.4, 0.5) is 0 Å². The molecule has 2 aliphatic carbocycles. The molecule has 1 atom stereocenters. The van der Waals surface area contributed by atoms with Crippen LogP contribution < -0.4 is 11.1 Å². The van der Waals surface area contributed by atoms with Gasteiger partial charge >= 0.3 is 0 Å². The van der Waals surface area contributed by atoms with Crippen molar-refractivity contribution >= 4 is 5.91 Å². The Hall–Kier alpha value is -1.43. The second-order valence-electron chi connectivity index (χ2n) is 5.92. The molecular formula is C14H22N4O2. The summed E-state index contributed by atoms with van der Waals surface area (Å²) in [6.07, 6.45) is 6.61. The normalized spacial score (nSPS) is 19.9.